The maximum atomic E-state index is 6.02. The summed E-state index contributed by atoms with van der Waals surface area (Å²) in [4.78, 5) is 0. The molecule has 0 aliphatic heterocycles. The van der Waals surface area contributed by atoms with Crippen LogP contribution in [0.3, 0.4) is 0 Å². The fourth-order valence-corrected chi connectivity index (χ4v) is 3.47. The molecule has 3 rings (SSSR count). The van der Waals surface area contributed by atoms with Crippen molar-refractivity contribution < 1.29 is 0 Å². The smallest absolute Gasteiger partial charge is 0.167 e. The second-order valence-electron chi connectivity index (χ2n) is 4.93. The van der Waals surface area contributed by atoms with Gasteiger partial charge in [-0.1, -0.05) is 19.3 Å². The summed E-state index contributed by atoms with van der Waals surface area (Å²) in [5, 5.41) is 11.4. The first-order chi connectivity index (χ1) is 8.77. The minimum atomic E-state index is 0.544. The average Bonchev–Trinajstić information content (AvgIpc) is 2.96. The van der Waals surface area contributed by atoms with Crippen molar-refractivity contribution in [2.45, 2.75) is 45.1 Å². The van der Waals surface area contributed by atoms with Gasteiger partial charge in [0, 0.05) is 6.04 Å². The molecule has 1 aliphatic rings. The fourth-order valence-electron chi connectivity index (χ4n) is 2.84. The third-order valence-electron chi connectivity index (χ3n) is 3.74. The highest BCUT2D eigenvalue weighted by Crippen LogP contribution is 2.35. The lowest BCUT2D eigenvalue weighted by molar-refractivity contribution is 0.350. The molecule has 1 saturated carbocycles. The summed E-state index contributed by atoms with van der Waals surface area (Å²) in [6.07, 6.45) is 6.43. The molecule has 1 aliphatic carbocycles. The molecule has 0 saturated heterocycles. The van der Waals surface area contributed by atoms with Crippen molar-refractivity contribution in [2.24, 2.45) is 0 Å². The standard InChI is InChI=1S/C13H18N4S/c1-9-15-16-13(11-7-8-18-12(11)14)17(9)10-5-3-2-4-6-10/h7-8,10H,2-6,14H2,1H3. The predicted molar refractivity (Wildman–Crippen MR) is 74.6 cm³/mol. The molecular weight excluding hydrogens is 244 g/mol. The Bertz CT molecular complexity index is 537. The summed E-state index contributed by atoms with van der Waals surface area (Å²) in [7, 11) is 0. The van der Waals surface area contributed by atoms with Crippen molar-refractivity contribution in [3.05, 3.63) is 17.3 Å². The molecule has 2 heterocycles. The second-order valence-corrected chi connectivity index (χ2v) is 5.88. The minimum Gasteiger partial charge on any atom is -0.390 e. The van der Waals surface area contributed by atoms with Crippen LogP contribution in [0.15, 0.2) is 11.4 Å². The van der Waals surface area contributed by atoms with Crippen LogP contribution in [0.1, 0.15) is 44.0 Å². The van der Waals surface area contributed by atoms with Crippen LogP contribution in [0.25, 0.3) is 11.4 Å². The van der Waals surface area contributed by atoms with E-state index < -0.39 is 0 Å². The van der Waals surface area contributed by atoms with Gasteiger partial charge in [-0.3, -0.25) is 0 Å². The summed E-state index contributed by atoms with van der Waals surface area (Å²) in [6, 6.07) is 2.59. The Hall–Kier alpha value is -1.36. The summed E-state index contributed by atoms with van der Waals surface area (Å²) in [6.45, 7) is 2.04. The first-order valence-electron chi connectivity index (χ1n) is 6.52. The Kier molecular flexibility index (Phi) is 3.07. The van der Waals surface area contributed by atoms with Gasteiger partial charge in [-0.2, -0.15) is 0 Å². The number of rotatable bonds is 2. The highest BCUT2D eigenvalue weighted by Gasteiger charge is 2.22. The molecule has 0 radical (unpaired) electrons. The molecule has 1 fully saturated rings. The number of aryl methyl sites for hydroxylation is 1. The van der Waals surface area contributed by atoms with Crippen LogP contribution >= 0.6 is 11.3 Å². The van der Waals surface area contributed by atoms with E-state index in [1.807, 2.05) is 18.4 Å². The van der Waals surface area contributed by atoms with E-state index in [1.54, 1.807) is 11.3 Å². The fraction of sp³-hybridized carbons (Fsp3) is 0.538. The Morgan fingerprint density at radius 2 is 2.06 bits per heavy atom. The van der Waals surface area contributed by atoms with E-state index in [1.165, 1.54) is 32.1 Å². The van der Waals surface area contributed by atoms with Crippen molar-refractivity contribution in [3.63, 3.8) is 0 Å². The maximum absolute atomic E-state index is 6.02. The lowest BCUT2D eigenvalue weighted by Gasteiger charge is -2.25. The molecule has 2 aromatic heterocycles. The van der Waals surface area contributed by atoms with Crippen molar-refractivity contribution in [2.75, 3.05) is 5.73 Å². The van der Waals surface area contributed by atoms with Crippen molar-refractivity contribution in [1.82, 2.24) is 14.8 Å². The molecule has 0 spiro atoms. The van der Waals surface area contributed by atoms with Gasteiger partial charge >= 0.3 is 0 Å². The van der Waals surface area contributed by atoms with Crippen molar-refractivity contribution in [3.8, 4) is 11.4 Å². The molecule has 96 valence electrons. The van der Waals surface area contributed by atoms with Crippen molar-refractivity contribution in [1.29, 1.82) is 0 Å². The molecular formula is C13H18N4S. The number of anilines is 1. The van der Waals surface area contributed by atoms with Crippen LogP contribution in [-0.2, 0) is 0 Å². The molecule has 2 aromatic rings. The molecule has 0 amide bonds. The molecule has 2 N–H and O–H groups in total. The van der Waals surface area contributed by atoms with Crippen molar-refractivity contribution >= 4 is 16.3 Å². The highest BCUT2D eigenvalue weighted by molar-refractivity contribution is 7.14. The van der Waals surface area contributed by atoms with Crippen LogP contribution in [0, 0.1) is 6.92 Å². The van der Waals surface area contributed by atoms with Gasteiger partial charge in [-0.05, 0) is 31.2 Å². The number of hydrogen-bond donors (Lipinski definition) is 1. The summed E-state index contributed by atoms with van der Waals surface area (Å²) in [5.74, 6) is 1.95. The van der Waals surface area contributed by atoms with Crippen LogP contribution in [-0.4, -0.2) is 14.8 Å². The normalized spacial score (nSPS) is 17.2. The van der Waals surface area contributed by atoms with Crippen LogP contribution in [0.2, 0.25) is 0 Å². The monoisotopic (exact) mass is 262 g/mol. The molecule has 0 bridgehead atoms. The summed E-state index contributed by atoms with van der Waals surface area (Å²) >= 11 is 1.56. The van der Waals surface area contributed by atoms with E-state index in [2.05, 4.69) is 14.8 Å². The van der Waals surface area contributed by atoms with E-state index in [0.717, 1.165) is 22.2 Å². The first kappa shape index (κ1) is 11.7. The third-order valence-corrected chi connectivity index (χ3v) is 4.49. The highest BCUT2D eigenvalue weighted by atomic mass is 32.1. The first-order valence-corrected chi connectivity index (χ1v) is 7.40. The zero-order chi connectivity index (χ0) is 12.5. The maximum Gasteiger partial charge on any atom is 0.167 e. The predicted octanol–water partition coefficient (Wildman–Crippen LogP) is 3.40. The molecule has 18 heavy (non-hydrogen) atoms. The molecule has 0 unspecified atom stereocenters. The lowest BCUT2D eigenvalue weighted by atomic mass is 9.95. The number of hydrogen-bond acceptors (Lipinski definition) is 4. The van der Waals surface area contributed by atoms with E-state index in [9.17, 15) is 0 Å². The van der Waals surface area contributed by atoms with Gasteiger partial charge in [-0.25, -0.2) is 0 Å². The quantitative estimate of drug-likeness (QED) is 0.902. The SMILES string of the molecule is Cc1nnc(-c2ccsc2N)n1C1CCCCC1. The number of nitrogens with zero attached hydrogens (tertiary/aromatic N) is 3. The number of nitrogens with two attached hydrogens (primary N) is 1. The summed E-state index contributed by atoms with van der Waals surface area (Å²) < 4.78 is 2.29. The van der Waals surface area contributed by atoms with E-state index in [0.29, 0.717) is 6.04 Å². The van der Waals surface area contributed by atoms with Gasteiger partial charge in [0.15, 0.2) is 5.82 Å². The number of nitrogen functional groups attached to an aromatic ring is 1. The zero-order valence-corrected chi connectivity index (χ0v) is 11.4. The Balaban J connectivity index is 2.03. The number of aromatic nitrogens is 3. The molecule has 4 nitrogen and oxygen atoms in total. The van der Waals surface area contributed by atoms with Crippen LogP contribution in [0.5, 0.6) is 0 Å². The minimum absolute atomic E-state index is 0.544. The zero-order valence-electron chi connectivity index (χ0n) is 10.6. The number of thiophene rings is 1. The largest absolute Gasteiger partial charge is 0.390 e. The van der Waals surface area contributed by atoms with E-state index >= 15 is 0 Å². The Labute approximate surface area is 111 Å². The Morgan fingerprint density at radius 3 is 2.72 bits per heavy atom. The lowest BCUT2D eigenvalue weighted by Crippen LogP contribution is -2.15. The Morgan fingerprint density at radius 1 is 1.28 bits per heavy atom. The third kappa shape index (κ3) is 1.92. The van der Waals surface area contributed by atoms with Gasteiger partial charge in [0.1, 0.15) is 5.82 Å². The average molecular weight is 262 g/mol. The van der Waals surface area contributed by atoms with Gasteiger partial charge < -0.3 is 10.3 Å². The van der Waals surface area contributed by atoms with Gasteiger partial charge in [0.2, 0.25) is 0 Å². The van der Waals surface area contributed by atoms with Gasteiger partial charge in [-0.15, -0.1) is 21.5 Å². The topological polar surface area (TPSA) is 56.7 Å². The van der Waals surface area contributed by atoms with Gasteiger partial charge in [0.25, 0.3) is 0 Å². The van der Waals surface area contributed by atoms with Crippen LogP contribution < -0.4 is 5.73 Å². The van der Waals surface area contributed by atoms with Crippen LogP contribution in [0.4, 0.5) is 5.00 Å². The molecule has 5 heteroatoms. The van der Waals surface area contributed by atoms with Gasteiger partial charge in [0.05, 0.1) is 10.6 Å². The van der Waals surface area contributed by atoms with E-state index in [-0.39, 0.29) is 0 Å². The summed E-state index contributed by atoms with van der Waals surface area (Å²) in [5.41, 5.74) is 7.05. The molecule has 0 atom stereocenters. The second kappa shape index (κ2) is 4.72. The molecule has 0 aromatic carbocycles. The van der Waals surface area contributed by atoms with E-state index in [4.69, 9.17) is 5.73 Å².